The van der Waals surface area contributed by atoms with Crippen molar-refractivity contribution in [3.8, 4) is 11.1 Å². The Kier molecular flexibility index (Phi) is 3.94. The van der Waals surface area contributed by atoms with Gasteiger partial charge >= 0.3 is 0 Å². The smallest absolute Gasteiger partial charge is 0.271 e. The fourth-order valence-electron chi connectivity index (χ4n) is 4.18. The maximum absolute atomic E-state index is 12.8. The molecule has 0 aliphatic carbocycles. The molecule has 2 aromatic heterocycles. The molecule has 3 saturated heterocycles. The van der Waals surface area contributed by atoms with E-state index < -0.39 is 0 Å². The number of piperidine rings is 3. The second-order valence-electron chi connectivity index (χ2n) is 7.20. The molecule has 1 amide bonds. The molecule has 3 aliphatic rings. The highest BCUT2D eigenvalue weighted by Crippen LogP contribution is 2.30. The number of carbonyl (C=O) groups is 1. The number of nitrogens with one attached hydrogen (secondary N) is 1. The molecule has 0 radical (unpaired) electrons. The molecular formula is C20H20N4OS. The monoisotopic (exact) mass is 364 g/mol. The number of rotatable bonds is 3. The maximum atomic E-state index is 12.8. The molecule has 6 rings (SSSR count). The summed E-state index contributed by atoms with van der Waals surface area (Å²) in [7, 11) is 0. The molecule has 0 unspecified atom stereocenters. The Labute approximate surface area is 156 Å². The minimum Gasteiger partial charge on any atom is -0.346 e. The summed E-state index contributed by atoms with van der Waals surface area (Å²) >= 11 is 1.39. The molecule has 6 heteroatoms. The average Bonchev–Trinajstić information content (AvgIpc) is 3.13. The highest BCUT2D eigenvalue weighted by molar-refractivity contribution is 7.13. The SMILES string of the molecule is O=C(N[C@@H]1CN2CCC1CC2)c1nsc2cc(-c3cccnc3)ccc12. The van der Waals surface area contributed by atoms with E-state index in [2.05, 4.69) is 25.6 Å². The third-order valence-corrected chi connectivity index (χ3v) is 6.46. The van der Waals surface area contributed by atoms with Crippen molar-refractivity contribution < 1.29 is 4.79 Å². The van der Waals surface area contributed by atoms with E-state index in [1.165, 1.54) is 37.5 Å². The van der Waals surface area contributed by atoms with E-state index >= 15 is 0 Å². The van der Waals surface area contributed by atoms with Crippen molar-refractivity contribution in [1.82, 2.24) is 19.6 Å². The maximum Gasteiger partial charge on any atom is 0.271 e. The second kappa shape index (κ2) is 6.45. The highest BCUT2D eigenvalue weighted by atomic mass is 32.1. The Morgan fingerprint density at radius 3 is 2.81 bits per heavy atom. The molecule has 1 aromatic carbocycles. The summed E-state index contributed by atoms with van der Waals surface area (Å²) < 4.78 is 5.49. The van der Waals surface area contributed by atoms with Gasteiger partial charge in [0.1, 0.15) is 5.69 Å². The molecule has 3 aliphatic heterocycles. The Morgan fingerprint density at radius 2 is 2.08 bits per heavy atom. The lowest BCUT2D eigenvalue weighted by Crippen LogP contribution is -2.57. The van der Waals surface area contributed by atoms with Gasteiger partial charge in [0.15, 0.2) is 0 Å². The van der Waals surface area contributed by atoms with Gasteiger partial charge in [0.25, 0.3) is 5.91 Å². The molecule has 132 valence electrons. The van der Waals surface area contributed by atoms with Crippen LogP contribution in [0.1, 0.15) is 23.3 Å². The van der Waals surface area contributed by atoms with Gasteiger partial charge in [-0.3, -0.25) is 9.78 Å². The van der Waals surface area contributed by atoms with Crippen LogP contribution in [0.4, 0.5) is 0 Å². The molecule has 5 nitrogen and oxygen atoms in total. The molecule has 5 heterocycles. The highest BCUT2D eigenvalue weighted by Gasteiger charge is 2.35. The quantitative estimate of drug-likeness (QED) is 0.775. The van der Waals surface area contributed by atoms with Gasteiger partial charge in [-0.15, -0.1) is 0 Å². The van der Waals surface area contributed by atoms with Crippen LogP contribution in [0.3, 0.4) is 0 Å². The summed E-state index contributed by atoms with van der Waals surface area (Å²) in [6.07, 6.45) is 6.00. The van der Waals surface area contributed by atoms with Crippen molar-refractivity contribution >= 4 is 27.5 Å². The molecule has 1 N–H and O–H groups in total. The molecule has 0 saturated carbocycles. The lowest BCUT2D eigenvalue weighted by Gasteiger charge is -2.44. The predicted molar refractivity (Wildman–Crippen MR) is 103 cm³/mol. The van der Waals surface area contributed by atoms with E-state index in [0.29, 0.717) is 11.6 Å². The molecule has 3 aromatic rings. The average molecular weight is 364 g/mol. The lowest BCUT2D eigenvalue weighted by atomic mass is 9.84. The van der Waals surface area contributed by atoms with Crippen LogP contribution < -0.4 is 5.32 Å². The normalized spacial score (nSPS) is 24.7. The first-order valence-corrected chi connectivity index (χ1v) is 9.88. The third-order valence-electron chi connectivity index (χ3n) is 5.65. The summed E-state index contributed by atoms with van der Waals surface area (Å²) in [5.41, 5.74) is 2.72. The van der Waals surface area contributed by atoms with Crippen molar-refractivity contribution in [2.45, 2.75) is 18.9 Å². The number of carbonyl (C=O) groups excluding carboxylic acids is 1. The minimum atomic E-state index is -0.0378. The van der Waals surface area contributed by atoms with E-state index in [-0.39, 0.29) is 11.9 Å². The molecular weight excluding hydrogens is 344 g/mol. The van der Waals surface area contributed by atoms with Crippen LogP contribution in [0.15, 0.2) is 42.7 Å². The zero-order chi connectivity index (χ0) is 17.5. The van der Waals surface area contributed by atoms with Gasteiger partial charge in [-0.1, -0.05) is 18.2 Å². The van der Waals surface area contributed by atoms with Crippen molar-refractivity contribution in [2.24, 2.45) is 5.92 Å². The summed E-state index contributed by atoms with van der Waals surface area (Å²) in [5, 5.41) is 4.18. The third kappa shape index (κ3) is 2.79. The van der Waals surface area contributed by atoms with Gasteiger partial charge in [-0.05, 0) is 61.1 Å². The second-order valence-corrected chi connectivity index (χ2v) is 8.01. The number of nitrogens with zero attached hydrogens (tertiary/aromatic N) is 3. The van der Waals surface area contributed by atoms with E-state index in [4.69, 9.17) is 0 Å². The first-order chi connectivity index (χ1) is 12.8. The number of hydrogen-bond donors (Lipinski definition) is 1. The zero-order valence-electron chi connectivity index (χ0n) is 14.4. The van der Waals surface area contributed by atoms with Gasteiger partial charge in [-0.25, -0.2) is 0 Å². The molecule has 26 heavy (non-hydrogen) atoms. The largest absolute Gasteiger partial charge is 0.346 e. The van der Waals surface area contributed by atoms with Crippen LogP contribution in [0, 0.1) is 5.92 Å². The Morgan fingerprint density at radius 1 is 1.19 bits per heavy atom. The van der Waals surface area contributed by atoms with Crippen molar-refractivity contribution in [1.29, 1.82) is 0 Å². The Balaban J connectivity index is 1.40. The first-order valence-electron chi connectivity index (χ1n) is 9.11. The van der Waals surface area contributed by atoms with E-state index in [9.17, 15) is 4.79 Å². The topological polar surface area (TPSA) is 58.1 Å². The molecule has 1 atom stereocenters. The predicted octanol–water partition coefficient (Wildman–Crippen LogP) is 3.18. The van der Waals surface area contributed by atoms with E-state index in [0.717, 1.165) is 27.8 Å². The van der Waals surface area contributed by atoms with Crippen molar-refractivity contribution in [2.75, 3.05) is 19.6 Å². The summed E-state index contributed by atoms with van der Waals surface area (Å²) in [6.45, 7) is 3.32. The van der Waals surface area contributed by atoms with Gasteiger partial charge in [0, 0.05) is 35.9 Å². The molecule has 2 bridgehead atoms. The van der Waals surface area contributed by atoms with Gasteiger partial charge < -0.3 is 10.2 Å². The van der Waals surface area contributed by atoms with E-state index in [1.807, 2.05) is 30.5 Å². The summed E-state index contributed by atoms with van der Waals surface area (Å²) in [6, 6.07) is 10.4. The van der Waals surface area contributed by atoms with Crippen molar-refractivity contribution in [3.63, 3.8) is 0 Å². The van der Waals surface area contributed by atoms with Crippen molar-refractivity contribution in [3.05, 3.63) is 48.4 Å². The van der Waals surface area contributed by atoms with Crippen LogP contribution >= 0.6 is 11.5 Å². The zero-order valence-corrected chi connectivity index (χ0v) is 15.2. The lowest BCUT2D eigenvalue weighted by molar-refractivity contribution is 0.0619. The Bertz CT molecular complexity index is 947. The number of amides is 1. The van der Waals surface area contributed by atoms with Gasteiger partial charge in [-0.2, -0.15) is 4.37 Å². The number of fused-ring (bicyclic) bond motifs is 4. The van der Waals surface area contributed by atoms with Crippen LogP contribution in [0.2, 0.25) is 0 Å². The molecule has 3 fully saturated rings. The number of hydrogen-bond acceptors (Lipinski definition) is 5. The molecule has 0 spiro atoms. The number of aromatic nitrogens is 2. The first kappa shape index (κ1) is 15.9. The summed E-state index contributed by atoms with van der Waals surface area (Å²) in [4.78, 5) is 19.5. The number of benzene rings is 1. The minimum absolute atomic E-state index is 0.0378. The van der Waals surface area contributed by atoms with Gasteiger partial charge in [0.2, 0.25) is 0 Å². The fourth-order valence-corrected chi connectivity index (χ4v) is 4.99. The van der Waals surface area contributed by atoms with Crippen LogP contribution in [0.5, 0.6) is 0 Å². The Hall–Kier alpha value is -2.31. The standard InChI is InChI=1S/C20H20N4OS/c25-20(22-17-12-24-8-5-13(17)6-9-24)19-16-4-3-14(10-18(16)26-23-19)15-2-1-7-21-11-15/h1-4,7,10-11,13,17H,5-6,8-9,12H2,(H,22,25)/t17-/m1/s1. The van der Waals surface area contributed by atoms with Crippen LogP contribution in [0.25, 0.3) is 21.2 Å². The number of pyridine rings is 1. The van der Waals surface area contributed by atoms with E-state index in [1.54, 1.807) is 6.20 Å². The van der Waals surface area contributed by atoms with Crippen LogP contribution in [-0.2, 0) is 0 Å². The fraction of sp³-hybridized carbons (Fsp3) is 0.350. The van der Waals surface area contributed by atoms with Crippen LogP contribution in [-0.4, -0.2) is 45.8 Å². The summed E-state index contributed by atoms with van der Waals surface area (Å²) in [5.74, 6) is 0.579. The van der Waals surface area contributed by atoms with Gasteiger partial charge in [0.05, 0.1) is 4.70 Å².